The van der Waals surface area contributed by atoms with E-state index in [1.165, 1.54) is 32.2 Å². The van der Waals surface area contributed by atoms with Gasteiger partial charge in [0.05, 0.1) is 0 Å². The first-order valence-electron chi connectivity index (χ1n) is 5.52. The van der Waals surface area contributed by atoms with Crippen molar-refractivity contribution in [2.75, 3.05) is 6.54 Å². The predicted molar refractivity (Wildman–Crippen MR) is 70.5 cm³/mol. The Labute approximate surface area is 117 Å². The first kappa shape index (κ1) is 15.9. The zero-order valence-corrected chi connectivity index (χ0v) is 12.4. The van der Waals surface area contributed by atoms with Crippen LogP contribution in [-0.4, -0.2) is 40.9 Å². The van der Waals surface area contributed by atoms with Crippen molar-refractivity contribution >= 4 is 27.6 Å². The van der Waals surface area contributed by atoms with Gasteiger partial charge in [0.2, 0.25) is 10.0 Å². The van der Waals surface area contributed by atoms with Crippen LogP contribution in [0.4, 0.5) is 0 Å². The Balaban J connectivity index is 3.41. The highest BCUT2D eigenvalue weighted by atomic mass is 35.5. The molecule has 1 heterocycles. The molecule has 0 radical (unpaired) electrons. The summed E-state index contributed by atoms with van der Waals surface area (Å²) in [5.74, 6) is -1.24. The molecule has 1 rings (SSSR count). The van der Waals surface area contributed by atoms with E-state index in [0.29, 0.717) is 0 Å². The molecule has 19 heavy (non-hydrogen) atoms. The number of carbonyl (C=O) groups is 1. The molecular weight excluding hydrogens is 292 g/mol. The molecule has 8 heteroatoms. The van der Waals surface area contributed by atoms with Crippen LogP contribution in [0.3, 0.4) is 0 Å². The molecule has 0 amide bonds. The minimum absolute atomic E-state index is 0.00680. The standard InChI is InChI=1S/C11H15ClN2O4S/c1-4-14(11(2,3)10(15)16)19(17,18)8-6-5-7-13-9(8)12/h5-7H,4H2,1-3H3,(H,15,16). The van der Waals surface area contributed by atoms with Gasteiger partial charge in [-0.2, -0.15) is 4.31 Å². The molecule has 1 aromatic heterocycles. The van der Waals surface area contributed by atoms with Crippen molar-refractivity contribution < 1.29 is 18.3 Å². The van der Waals surface area contributed by atoms with Crippen LogP contribution in [0.5, 0.6) is 0 Å². The Morgan fingerprint density at radius 1 is 1.53 bits per heavy atom. The zero-order chi connectivity index (χ0) is 14.8. The van der Waals surface area contributed by atoms with Gasteiger partial charge in [-0.15, -0.1) is 0 Å². The molecule has 1 aromatic rings. The number of aliphatic carboxylic acids is 1. The summed E-state index contributed by atoms with van der Waals surface area (Å²) in [6.45, 7) is 4.21. The van der Waals surface area contributed by atoms with Crippen molar-refractivity contribution in [2.45, 2.75) is 31.2 Å². The number of carboxylic acid groups (broad SMARTS) is 1. The Hall–Kier alpha value is -1.18. The fourth-order valence-corrected chi connectivity index (χ4v) is 3.84. The number of pyridine rings is 1. The number of likely N-dealkylation sites (N-methyl/N-ethyl adjacent to an activating group) is 1. The lowest BCUT2D eigenvalue weighted by atomic mass is 10.1. The van der Waals surface area contributed by atoms with E-state index in [1.807, 2.05) is 0 Å². The second kappa shape index (κ2) is 5.44. The van der Waals surface area contributed by atoms with Crippen LogP contribution in [0.25, 0.3) is 0 Å². The summed E-state index contributed by atoms with van der Waals surface area (Å²) in [6.07, 6.45) is 1.36. The molecule has 0 aliphatic rings. The third-order valence-electron chi connectivity index (χ3n) is 2.73. The summed E-state index contributed by atoms with van der Waals surface area (Å²) < 4.78 is 25.8. The van der Waals surface area contributed by atoms with Crippen LogP contribution in [-0.2, 0) is 14.8 Å². The van der Waals surface area contributed by atoms with E-state index < -0.39 is 21.5 Å². The number of aromatic nitrogens is 1. The highest BCUT2D eigenvalue weighted by molar-refractivity contribution is 7.89. The van der Waals surface area contributed by atoms with Crippen molar-refractivity contribution in [1.82, 2.24) is 9.29 Å². The summed E-state index contributed by atoms with van der Waals surface area (Å²) in [6, 6.07) is 2.73. The van der Waals surface area contributed by atoms with E-state index >= 15 is 0 Å². The average Bonchev–Trinajstić information content (AvgIpc) is 2.29. The SMILES string of the molecule is CCN(C(C)(C)C(=O)O)S(=O)(=O)c1cccnc1Cl. The molecule has 106 valence electrons. The van der Waals surface area contributed by atoms with Gasteiger partial charge in [-0.05, 0) is 26.0 Å². The molecule has 6 nitrogen and oxygen atoms in total. The first-order valence-corrected chi connectivity index (χ1v) is 7.34. The fraction of sp³-hybridized carbons (Fsp3) is 0.455. The van der Waals surface area contributed by atoms with Crippen molar-refractivity contribution in [3.05, 3.63) is 23.5 Å². The topological polar surface area (TPSA) is 87.6 Å². The molecule has 0 atom stereocenters. The molecule has 0 saturated carbocycles. The summed E-state index contributed by atoms with van der Waals surface area (Å²) in [5, 5.41) is 8.99. The molecule has 0 unspecified atom stereocenters. The fourth-order valence-electron chi connectivity index (χ4n) is 1.65. The highest BCUT2D eigenvalue weighted by Crippen LogP contribution is 2.28. The Morgan fingerprint density at radius 3 is 2.53 bits per heavy atom. The van der Waals surface area contributed by atoms with Crippen molar-refractivity contribution in [3.63, 3.8) is 0 Å². The lowest BCUT2D eigenvalue weighted by Gasteiger charge is -2.33. The Bertz CT molecular complexity index is 586. The number of rotatable bonds is 5. The smallest absolute Gasteiger partial charge is 0.324 e. The molecule has 0 aromatic carbocycles. The summed E-state index contributed by atoms with van der Waals surface area (Å²) in [5.41, 5.74) is -1.58. The predicted octanol–water partition coefficient (Wildman–Crippen LogP) is 1.61. The van der Waals surface area contributed by atoms with Crippen LogP contribution in [0, 0.1) is 0 Å². The van der Waals surface area contributed by atoms with Crippen LogP contribution >= 0.6 is 11.6 Å². The van der Waals surface area contributed by atoms with E-state index in [2.05, 4.69) is 4.98 Å². The number of nitrogens with zero attached hydrogens (tertiary/aromatic N) is 2. The number of carboxylic acids is 1. The third-order valence-corrected chi connectivity index (χ3v) is 5.32. The number of halogens is 1. The van der Waals surface area contributed by atoms with Gasteiger partial charge < -0.3 is 5.11 Å². The monoisotopic (exact) mass is 306 g/mol. The molecule has 0 fully saturated rings. The van der Waals surface area contributed by atoms with Gasteiger partial charge in [0, 0.05) is 12.7 Å². The van der Waals surface area contributed by atoms with Gasteiger partial charge in [-0.25, -0.2) is 13.4 Å². The normalized spacial score (nSPS) is 12.7. The van der Waals surface area contributed by atoms with Crippen LogP contribution < -0.4 is 0 Å². The quantitative estimate of drug-likeness (QED) is 0.835. The number of hydrogen-bond donors (Lipinski definition) is 1. The Kier molecular flexibility index (Phi) is 4.54. The van der Waals surface area contributed by atoms with E-state index in [-0.39, 0.29) is 16.6 Å². The van der Waals surface area contributed by atoms with Crippen molar-refractivity contribution in [2.24, 2.45) is 0 Å². The van der Waals surface area contributed by atoms with E-state index in [1.54, 1.807) is 6.92 Å². The van der Waals surface area contributed by atoms with Gasteiger partial charge >= 0.3 is 5.97 Å². The maximum Gasteiger partial charge on any atom is 0.324 e. The van der Waals surface area contributed by atoms with E-state index in [4.69, 9.17) is 16.7 Å². The molecule has 0 bridgehead atoms. The molecule has 0 spiro atoms. The van der Waals surface area contributed by atoms with Gasteiger partial charge in [-0.3, -0.25) is 4.79 Å². The molecule has 0 saturated heterocycles. The first-order chi connectivity index (χ1) is 8.65. The third kappa shape index (κ3) is 2.88. The van der Waals surface area contributed by atoms with Gasteiger partial charge in [0.15, 0.2) is 0 Å². The number of hydrogen-bond acceptors (Lipinski definition) is 4. The maximum atomic E-state index is 12.5. The average molecular weight is 307 g/mol. The van der Waals surface area contributed by atoms with E-state index in [9.17, 15) is 13.2 Å². The minimum atomic E-state index is -4.03. The van der Waals surface area contributed by atoms with Gasteiger partial charge in [0.1, 0.15) is 15.6 Å². The Morgan fingerprint density at radius 2 is 2.11 bits per heavy atom. The molecule has 0 aliphatic carbocycles. The summed E-state index contributed by atoms with van der Waals surface area (Å²) in [7, 11) is -4.03. The largest absolute Gasteiger partial charge is 0.480 e. The zero-order valence-electron chi connectivity index (χ0n) is 10.8. The maximum absolute atomic E-state index is 12.5. The highest BCUT2D eigenvalue weighted by Gasteiger charge is 2.42. The van der Waals surface area contributed by atoms with Gasteiger partial charge in [0.25, 0.3) is 0 Å². The van der Waals surface area contributed by atoms with Crippen LogP contribution in [0.2, 0.25) is 5.15 Å². The summed E-state index contributed by atoms with van der Waals surface area (Å²) in [4.78, 5) is 14.7. The molecule has 1 N–H and O–H groups in total. The van der Waals surface area contributed by atoms with E-state index in [0.717, 1.165) is 4.31 Å². The molecule has 0 aliphatic heterocycles. The van der Waals surface area contributed by atoms with Crippen LogP contribution in [0.1, 0.15) is 20.8 Å². The number of sulfonamides is 1. The van der Waals surface area contributed by atoms with Crippen LogP contribution in [0.15, 0.2) is 23.2 Å². The summed E-state index contributed by atoms with van der Waals surface area (Å²) >= 11 is 5.78. The molecular formula is C11H15ClN2O4S. The lowest BCUT2D eigenvalue weighted by molar-refractivity contribution is -0.146. The second-order valence-corrected chi connectivity index (χ2v) is 6.52. The lowest BCUT2D eigenvalue weighted by Crippen LogP contribution is -2.52. The van der Waals surface area contributed by atoms with Crippen molar-refractivity contribution in [3.8, 4) is 0 Å². The minimum Gasteiger partial charge on any atom is -0.480 e. The second-order valence-electron chi connectivity index (χ2n) is 4.33. The van der Waals surface area contributed by atoms with Crippen molar-refractivity contribution in [1.29, 1.82) is 0 Å². The van der Waals surface area contributed by atoms with Gasteiger partial charge in [-0.1, -0.05) is 18.5 Å².